The second kappa shape index (κ2) is 6.53. The van der Waals surface area contributed by atoms with E-state index < -0.39 is 0 Å². The zero-order chi connectivity index (χ0) is 13.8. The topological polar surface area (TPSA) is 33.5 Å². The van der Waals surface area contributed by atoms with Crippen LogP contribution >= 0.6 is 15.9 Å². The first-order valence-electron chi connectivity index (χ1n) is 6.97. The van der Waals surface area contributed by atoms with Gasteiger partial charge in [-0.15, -0.1) is 0 Å². The van der Waals surface area contributed by atoms with Crippen molar-refractivity contribution in [3.05, 3.63) is 28.2 Å². The maximum atomic E-state index is 12.1. The van der Waals surface area contributed by atoms with Crippen LogP contribution in [0.15, 0.2) is 22.7 Å². The number of aryl methyl sites for hydroxylation is 1. The van der Waals surface area contributed by atoms with E-state index in [0.29, 0.717) is 12.6 Å². The fourth-order valence-electron chi connectivity index (χ4n) is 2.60. The van der Waals surface area contributed by atoms with Crippen molar-refractivity contribution in [3.63, 3.8) is 0 Å². The molecular formula is C15H22BrN2O+. The molecule has 0 saturated carbocycles. The molecule has 104 valence electrons. The lowest BCUT2D eigenvalue weighted by atomic mass is 10.0. The third kappa shape index (κ3) is 4.05. The molecule has 1 fully saturated rings. The van der Waals surface area contributed by atoms with E-state index in [1.807, 2.05) is 25.1 Å². The third-order valence-electron chi connectivity index (χ3n) is 3.93. The number of halogens is 1. The highest BCUT2D eigenvalue weighted by Crippen LogP contribution is 2.20. The Balaban J connectivity index is 1.91. The van der Waals surface area contributed by atoms with Crippen LogP contribution in [-0.2, 0) is 4.79 Å². The van der Waals surface area contributed by atoms with Gasteiger partial charge in [-0.25, -0.2) is 0 Å². The van der Waals surface area contributed by atoms with Gasteiger partial charge < -0.3 is 10.2 Å². The average Bonchev–Trinajstić information content (AvgIpc) is 2.37. The first-order chi connectivity index (χ1) is 9.06. The third-order valence-corrected chi connectivity index (χ3v) is 4.78. The van der Waals surface area contributed by atoms with Gasteiger partial charge in [-0.2, -0.15) is 0 Å². The minimum atomic E-state index is 0.111. The molecule has 1 saturated heterocycles. The molecule has 0 aliphatic carbocycles. The van der Waals surface area contributed by atoms with E-state index in [1.54, 1.807) is 0 Å². The summed E-state index contributed by atoms with van der Waals surface area (Å²) in [5, 5.41) is 2.99. The van der Waals surface area contributed by atoms with Crippen molar-refractivity contribution < 1.29 is 9.69 Å². The Labute approximate surface area is 123 Å². The molecule has 1 unspecified atom stereocenters. The summed E-state index contributed by atoms with van der Waals surface area (Å²) in [5.41, 5.74) is 2.04. The summed E-state index contributed by atoms with van der Waals surface area (Å²) < 4.78 is 1.03. The van der Waals surface area contributed by atoms with Crippen molar-refractivity contribution in [1.29, 1.82) is 0 Å². The van der Waals surface area contributed by atoms with Gasteiger partial charge in [0.2, 0.25) is 0 Å². The summed E-state index contributed by atoms with van der Waals surface area (Å²) in [6.45, 7) is 5.97. The fourth-order valence-corrected chi connectivity index (χ4v) is 2.98. The Morgan fingerprint density at radius 3 is 2.95 bits per heavy atom. The second-order valence-electron chi connectivity index (χ2n) is 5.49. The molecule has 0 spiro atoms. The average molecular weight is 326 g/mol. The Kier molecular flexibility index (Phi) is 4.99. The van der Waals surface area contributed by atoms with Crippen molar-refractivity contribution in [2.24, 2.45) is 0 Å². The number of benzene rings is 1. The van der Waals surface area contributed by atoms with Crippen LogP contribution in [0.1, 0.15) is 31.7 Å². The predicted octanol–water partition coefficient (Wildman–Crippen LogP) is 2.15. The summed E-state index contributed by atoms with van der Waals surface area (Å²) in [7, 11) is 0. The lowest BCUT2D eigenvalue weighted by Gasteiger charge is -2.29. The number of nitrogens with one attached hydrogen (secondary N) is 2. The van der Waals surface area contributed by atoms with E-state index >= 15 is 0 Å². The van der Waals surface area contributed by atoms with Gasteiger partial charge >= 0.3 is 0 Å². The van der Waals surface area contributed by atoms with Gasteiger partial charge in [-0.1, -0.05) is 22.0 Å². The highest BCUT2D eigenvalue weighted by Gasteiger charge is 2.24. The summed E-state index contributed by atoms with van der Waals surface area (Å²) in [5.74, 6) is 0.111. The van der Waals surface area contributed by atoms with E-state index in [9.17, 15) is 4.79 Å². The van der Waals surface area contributed by atoms with Gasteiger partial charge in [0.25, 0.3) is 5.91 Å². The van der Waals surface area contributed by atoms with E-state index in [-0.39, 0.29) is 5.91 Å². The molecule has 4 heteroatoms. The van der Waals surface area contributed by atoms with Crippen molar-refractivity contribution in [1.82, 2.24) is 0 Å². The normalized spacial score (nSPS) is 23.1. The highest BCUT2D eigenvalue weighted by atomic mass is 79.9. The Bertz CT molecular complexity index is 461. The maximum absolute atomic E-state index is 12.1. The zero-order valence-electron chi connectivity index (χ0n) is 11.6. The van der Waals surface area contributed by atoms with Crippen molar-refractivity contribution in [2.45, 2.75) is 39.2 Å². The number of carbonyl (C=O) groups is 1. The van der Waals surface area contributed by atoms with Crippen LogP contribution in [0.2, 0.25) is 0 Å². The molecule has 1 aliphatic heterocycles. The van der Waals surface area contributed by atoms with Crippen LogP contribution in [0.25, 0.3) is 0 Å². The Hall–Kier alpha value is -0.870. The van der Waals surface area contributed by atoms with Crippen molar-refractivity contribution in [2.75, 3.05) is 18.4 Å². The van der Waals surface area contributed by atoms with Crippen LogP contribution < -0.4 is 10.2 Å². The summed E-state index contributed by atoms with van der Waals surface area (Å²) in [6.07, 6.45) is 3.78. The molecule has 2 N–H and O–H groups in total. The number of piperidine rings is 1. The van der Waals surface area contributed by atoms with Gasteiger partial charge in [-0.05, 0) is 50.8 Å². The zero-order valence-corrected chi connectivity index (χ0v) is 13.2. The minimum Gasteiger partial charge on any atom is -0.325 e. The van der Waals surface area contributed by atoms with Gasteiger partial charge in [0.05, 0.1) is 12.6 Å². The Morgan fingerprint density at radius 1 is 1.47 bits per heavy atom. The van der Waals surface area contributed by atoms with Gasteiger partial charge in [-0.3, -0.25) is 4.79 Å². The number of hydrogen-bond donors (Lipinski definition) is 2. The summed E-state index contributed by atoms with van der Waals surface area (Å²) >= 11 is 3.49. The van der Waals surface area contributed by atoms with E-state index in [1.165, 1.54) is 29.7 Å². The predicted molar refractivity (Wildman–Crippen MR) is 81.5 cm³/mol. The Morgan fingerprint density at radius 2 is 2.26 bits per heavy atom. The highest BCUT2D eigenvalue weighted by molar-refractivity contribution is 9.10. The molecule has 19 heavy (non-hydrogen) atoms. The quantitative estimate of drug-likeness (QED) is 0.877. The summed E-state index contributed by atoms with van der Waals surface area (Å²) in [6, 6.07) is 6.52. The molecule has 1 aliphatic rings. The van der Waals surface area contributed by atoms with Crippen LogP contribution in [0, 0.1) is 6.92 Å². The number of hydrogen-bond acceptors (Lipinski definition) is 1. The van der Waals surface area contributed by atoms with E-state index in [2.05, 4.69) is 28.2 Å². The standard InChI is InChI=1S/C15H21BrN2O/c1-11-6-7-13(9-14(11)16)17-15(19)10-18-8-4-3-5-12(18)2/h6-7,9,12H,3-5,8,10H2,1-2H3,(H,17,19)/p+1/t12-/m1/s1. The van der Waals surface area contributed by atoms with E-state index in [0.717, 1.165) is 16.7 Å². The molecule has 1 amide bonds. The summed E-state index contributed by atoms with van der Waals surface area (Å²) in [4.78, 5) is 13.5. The molecule has 3 nitrogen and oxygen atoms in total. The number of likely N-dealkylation sites (tertiary alicyclic amines) is 1. The van der Waals surface area contributed by atoms with Gasteiger partial charge in [0.1, 0.15) is 0 Å². The molecule has 1 aromatic carbocycles. The minimum absolute atomic E-state index is 0.111. The van der Waals surface area contributed by atoms with Crippen molar-refractivity contribution >= 4 is 27.5 Å². The lowest BCUT2D eigenvalue weighted by molar-refractivity contribution is -0.920. The smallest absolute Gasteiger partial charge is 0.279 e. The number of carbonyl (C=O) groups excluding carboxylic acids is 1. The van der Waals surface area contributed by atoms with Gasteiger partial charge in [0.15, 0.2) is 6.54 Å². The molecule has 1 heterocycles. The fraction of sp³-hybridized carbons (Fsp3) is 0.533. The van der Waals surface area contributed by atoms with Crippen LogP contribution in [0.3, 0.4) is 0 Å². The SMILES string of the molecule is Cc1ccc(NC(=O)C[NH+]2CCCC[C@H]2C)cc1Br. The first-order valence-corrected chi connectivity index (χ1v) is 7.76. The number of quaternary nitrogens is 1. The molecule has 2 rings (SSSR count). The molecule has 0 bridgehead atoms. The molecule has 2 atom stereocenters. The largest absolute Gasteiger partial charge is 0.325 e. The molecule has 1 aromatic rings. The first kappa shape index (κ1) is 14.5. The van der Waals surface area contributed by atoms with Crippen LogP contribution in [-0.4, -0.2) is 25.0 Å². The van der Waals surface area contributed by atoms with Crippen molar-refractivity contribution in [3.8, 4) is 0 Å². The maximum Gasteiger partial charge on any atom is 0.279 e. The number of rotatable bonds is 3. The molecule has 0 radical (unpaired) electrons. The monoisotopic (exact) mass is 325 g/mol. The van der Waals surface area contributed by atoms with Crippen LogP contribution in [0.5, 0.6) is 0 Å². The lowest BCUT2D eigenvalue weighted by Crippen LogP contribution is -3.17. The van der Waals surface area contributed by atoms with Crippen LogP contribution in [0.4, 0.5) is 5.69 Å². The number of anilines is 1. The number of amides is 1. The molecule has 0 aromatic heterocycles. The second-order valence-corrected chi connectivity index (χ2v) is 6.35. The molecular weight excluding hydrogens is 304 g/mol. The van der Waals surface area contributed by atoms with E-state index in [4.69, 9.17) is 0 Å². The van der Waals surface area contributed by atoms with Gasteiger partial charge in [0, 0.05) is 10.2 Å².